The van der Waals surface area contributed by atoms with E-state index < -0.39 is 6.04 Å². The zero-order valence-electron chi connectivity index (χ0n) is 27.8. The van der Waals surface area contributed by atoms with E-state index in [1.165, 1.54) is 5.56 Å². The Labute approximate surface area is 273 Å². The molecule has 0 bridgehead atoms. The van der Waals surface area contributed by atoms with Crippen LogP contribution in [-0.4, -0.2) is 85.4 Å². The molecule has 0 aromatic heterocycles. The van der Waals surface area contributed by atoms with E-state index in [1.807, 2.05) is 32.0 Å². The third kappa shape index (κ3) is 9.79. The minimum atomic E-state index is -0.451. The van der Waals surface area contributed by atoms with E-state index in [2.05, 4.69) is 36.3 Å². The first-order valence-electron chi connectivity index (χ1n) is 16.2. The average Bonchev–Trinajstić information content (AvgIpc) is 3.06. The number of hydrogen-bond donors (Lipinski definition) is 2. The molecule has 0 aliphatic carbocycles. The highest BCUT2D eigenvalue weighted by molar-refractivity contribution is 6.05. The average molecular weight is 632 g/mol. The highest BCUT2D eigenvalue weighted by Crippen LogP contribution is 2.29. The van der Waals surface area contributed by atoms with Gasteiger partial charge in [0.05, 0.1) is 37.5 Å². The molecule has 3 aromatic carbocycles. The van der Waals surface area contributed by atoms with Gasteiger partial charge in [0, 0.05) is 43.4 Å². The quantitative estimate of drug-likeness (QED) is 0.305. The molecule has 0 radical (unpaired) electrons. The zero-order valence-corrected chi connectivity index (χ0v) is 27.8. The Kier molecular flexibility index (Phi) is 13.0. The molecule has 1 aliphatic heterocycles. The predicted octanol–water partition coefficient (Wildman–Crippen LogP) is 5.88. The lowest BCUT2D eigenvalue weighted by Gasteiger charge is -2.36. The molecule has 4 rings (SSSR count). The SMILES string of the molecule is COc1ccc(CN(C)C[C@H]2OCCCC[C@@H](C)Oc3ccc(NC(=O)c4ccccc4)cc3C(=O)N([C@@H](C)CO)C[C@@H]2C)cc1. The van der Waals surface area contributed by atoms with E-state index in [4.69, 9.17) is 14.2 Å². The summed E-state index contributed by atoms with van der Waals surface area (Å²) in [6.07, 6.45) is 2.35. The van der Waals surface area contributed by atoms with Gasteiger partial charge in [-0.05, 0) is 88.2 Å². The fourth-order valence-corrected chi connectivity index (χ4v) is 5.67. The molecule has 0 unspecified atom stereocenters. The van der Waals surface area contributed by atoms with Crippen molar-refractivity contribution in [2.45, 2.75) is 64.8 Å². The van der Waals surface area contributed by atoms with Gasteiger partial charge in [-0.15, -0.1) is 0 Å². The molecule has 0 saturated carbocycles. The van der Waals surface area contributed by atoms with Gasteiger partial charge in [-0.3, -0.25) is 14.5 Å². The smallest absolute Gasteiger partial charge is 0.258 e. The van der Waals surface area contributed by atoms with Crippen molar-refractivity contribution in [3.63, 3.8) is 0 Å². The first kappa shape index (κ1) is 34.9. The molecule has 4 atom stereocenters. The number of rotatable bonds is 9. The minimum absolute atomic E-state index is 0.0385. The van der Waals surface area contributed by atoms with Gasteiger partial charge >= 0.3 is 0 Å². The van der Waals surface area contributed by atoms with Gasteiger partial charge in [0.15, 0.2) is 0 Å². The molecular weight excluding hydrogens is 582 g/mol. The molecular formula is C37H49N3O6. The molecule has 3 aromatic rings. The summed E-state index contributed by atoms with van der Waals surface area (Å²) in [5, 5.41) is 13.2. The lowest BCUT2D eigenvalue weighted by molar-refractivity contribution is -0.0177. The fourth-order valence-electron chi connectivity index (χ4n) is 5.67. The van der Waals surface area contributed by atoms with Crippen LogP contribution in [0.5, 0.6) is 11.5 Å². The lowest BCUT2D eigenvalue weighted by atomic mass is 10.0. The summed E-state index contributed by atoms with van der Waals surface area (Å²) in [6.45, 7) is 8.14. The van der Waals surface area contributed by atoms with E-state index >= 15 is 0 Å². The van der Waals surface area contributed by atoms with Crippen LogP contribution in [0.3, 0.4) is 0 Å². The van der Waals surface area contributed by atoms with Crippen LogP contribution >= 0.6 is 0 Å². The summed E-state index contributed by atoms with van der Waals surface area (Å²) in [5.41, 5.74) is 2.52. The maximum absolute atomic E-state index is 14.4. The van der Waals surface area contributed by atoms with Crippen LogP contribution in [0.25, 0.3) is 0 Å². The number of fused-ring (bicyclic) bond motifs is 1. The van der Waals surface area contributed by atoms with Gasteiger partial charge < -0.3 is 29.5 Å². The summed E-state index contributed by atoms with van der Waals surface area (Å²) in [7, 11) is 3.74. The van der Waals surface area contributed by atoms with Crippen molar-refractivity contribution in [1.82, 2.24) is 9.80 Å². The number of methoxy groups -OCH3 is 1. The first-order chi connectivity index (χ1) is 22.2. The second-order valence-electron chi connectivity index (χ2n) is 12.4. The second kappa shape index (κ2) is 17.1. The normalized spacial score (nSPS) is 20.3. The third-order valence-electron chi connectivity index (χ3n) is 8.45. The summed E-state index contributed by atoms with van der Waals surface area (Å²) >= 11 is 0. The lowest BCUT2D eigenvalue weighted by Crippen LogP contribution is -2.47. The number of nitrogens with one attached hydrogen (secondary N) is 1. The van der Waals surface area contributed by atoms with Crippen LogP contribution in [0.15, 0.2) is 72.8 Å². The zero-order chi connectivity index (χ0) is 33.1. The number of ether oxygens (including phenoxy) is 3. The topological polar surface area (TPSA) is 101 Å². The molecule has 248 valence electrons. The van der Waals surface area contributed by atoms with Crippen molar-refractivity contribution in [1.29, 1.82) is 0 Å². The van der Waals surface area contributed by atoms with E-state index in [0.717, 1.165) is 31.6 Å². The Morgan fingerprint density at radius 1 is 1.09 bits per heavy atom. The molecule has 0 fully saturated rings. The number of carbonyl (C=O) groups is 2. The Bertz CT molecular complexity index is 1400. The van der Waals surface area contributed by atoms with Gasteiger partial charge in [0.2, 0.25) is 0 Å². The van der Waals surface area contributed by atoms with E-state index in [9.17, 15) is 14.7 Å². The van der Waals surface area contributed by atoms with E-state index in [0.29, 0.717) is 42.3 Å². The van der Waals surface area contributed by atoms with E-state index in [-0.39, 0.29) is 36.5 Å². The Hall–Kier alpha value is -3.92. The van der Waals surface area contributed by atoms with Crippen molar-refractivity contribution in [3.8, 4) is 11.5 Å². The summed E-state index contributed by atoms with van der Waals surface area (Å²) < 4.78 is 18.1. The van der Waals surface area contributed by atoms with E-state index in [1.54, 1.807) is 54.5 Å². The molecule has 2 N–H and O–H groups in total. The van der Waals surface area contributed by atoms with Crippen LogP contribution in [0, 0.1) is 5.92 Å². The van der Waals surface area contributed by atoms with Crippen molar-refractivity contribution >= 4 is 17.5 Å². The number of amides is 2. The summed E-state index contributed by atoms with van der Waals surface area (Å²) in [4.78, 5) is 31.2. The Balaban J connectivity index is 1.59. The van der Waals surface area contributed by atoms with Gasteiger partial charge in [0.25, 0.3) is 11.8 Å². The minimum Gasteiger partial charge on any atom is -0.497 e. The van der Waals surface area contributed by atoms with Gasteiger partial charge in [-0.1, -0.05) is 37.3 Å². The largest absolute Gasteiger partial charge is 0.497 e. The van der Waals surface area contributed by atoms with Crippen molar-refractivity contribution < 1.29 is 28.9 Å². The monoisotopic (exact) mass is 631 g/mol. The Morgan fingerprint density at radius 2 is 1.83 bits per heavy atom. The molecule has 1 heterocycles. The number of anilines is 1. The highest BCUT2D eigenvalue weighted by Gasteiger charge is 2.30. The third-order valence-corrected chi connectivity index (χ3v) is 8.45. The highest BCUT2D eigenvalue weighted by atomic mass is 16.5. The standard InChI is InChI=1S/C37H49N3O6/c1-26-22-40(27(2)25-41)37(43)33-21-31(38-36(42)30-12-7-6-8-13-30)16-19-34(33)46-28(3)11-9-10-20-45-35(26)24-39(4)23-29-14-17-32(44-5)18-15-29/h6-8,12-19,21,26-28,35,41H,9-11,20,22-25H2,1-5H3,(H,38,42)/t26-,27-,28+,35+/m0/s1. The molecule has 46 heavy (non-hydrogen) atoms. The van der Waals surface area contributed by atoms with Crippen molar-refractivity contribution in [2.24, 2.45) is 5.92 Å². The van der Waals surface area contributed by atoms with Gasteiger partial charge in [-0.2, -0.15) is 0 Å². The number of carbonyl (C=O) groups excluding carboxylic acids is 2. The second-order valence-corrected chi connectivity index (χ2v) is 12.4. The number of likely N-dealkylation sites (N-methyl/N-ethyl adjacent to an activating group) is 1. The van der Waals surface area contributed by atoms with Crippen LogP contribution in [0.1, 0.15) is 66.3 Å². The number of aliphatic hydroxyl groups excluding tert-OH is 1. The van der Waals surface area contributed by atoms with Crippen molar-refractivity contribution in [3.05, 3.63) is 89.5 Å². The van der Waals surface area contributed by atoms with Crippen LogP contribution in [0.2, 0.25) is 0 Å². The summed E-state index contributed by atoms with van der Waals surface area (Å²) in [5.74, 6) is 0.708. The maximum atomic E-state index is 14.4. The Morgan fingerprint density at radius 3 is 2.52 bits per heavy atom. The van der Waals surface area contributed by atoms with Gasteiger partial charge in [0.1, 0.15) is 11.5 Å². The van der Waals surface area contributed by atoms with Gasteiger partial charge in [-0.25, -0.2) is 0 Å². The molecule has 2 amide bonds. The number of aliphatic hydroxyl groups is 1. The molecule has 1 aliphatic rings. The van der Waals surface area contributed by atoms with Crippen LogP contribution < -0.4 is 14.8 Å². The number of hydrogen-bond acceptors (Lipinski definition) is 7. The van der Waals surface area contributed by atoms with Crippen molar-refractivity contribution in [2.75, 3.05) is 45.8 Å². The number of benzene rings is 3. The predicted molar refractivity (Wildman–Crippen MR) is 181 cm³/mol. The maximum Gasteiger partial charge on any atom is 0.258 e. The number of nitrogens with zero attached hydrogens (tertiary/aromatic N) is 2. The summed E-state index contributed by atoms with van der Waals surface area (Å²) in [6, 6.07) is 21.7. The molecule has 9 heteroatoms. The first-order valence-corrected chi connectivity index (χ1v) is 16.2. The molecule has 0 saturated heterocycles. The van der Waals surface area contributed by atoms with Crippen LogP contribution in [-0.2, 0) is 11.3 Å². The van der Waals surface area contributed by atoms with Crippen LogP contribution in [0.4, 0.5) is 5.69 Å². The molecule has 0 spiro atoms. The fraction of sp³-hybridized carbons (Fsp3) is 0.459. The molecule has 9 nitrogen and oxygen atoms in total.